The van der Waals surface area contributed by atoms with Gasteiger partial charge < -0.3 is 26.6 Å². The first-order chi connectivity index (χ1) is 11.3. The number of nitrogens with one attached hydrogen (secondary N) is 2. The summed E-state index contributed by atoms with van der Waals surface area (Å²) in [6.45, 7) is 5.69. The number of hydrogen-bond acceptors (Lipinski definition) is 6. The lowest BCUT2D eigenvalue weighted by atomic mass is 10.0. The fraction of sp³-hybridized carbons (Fsp3) is 0.643. The van der Waals surface area contributed by atoms with Crippen LogP contribution in [0.25, 0.3) is 0 Å². The normalized spacial score (nSPS) is 13.6. The fourth-order valence-electron chi connectivity index (χ4n) is 1.35. The van der Waals surface area contributed by atoms with Gasteiger partial charge in [0.2, 0.25) is 11.8 Å². The Hall–Kier alpha value is -2.56. The molecule has 0 saturated heterocycles. The number of carbonyl (C=O) groups is 5. The van der Waals surface area contributed by atoms with Gasteiger partial charge in [0.15, 0.2) is 0 Å². The second kappa shape index (κ2) is 11.9. The number of carbonyl (C=O) groups excluding carboxylic acids is 3. The van der Waals surface area contributed by atoms with Gasteiger partial charge in [-0.1, -0.05) is 13.8 Å². The number of nitrogens with two attached hydrogens (primary N) is 1. The minimum atomic E-state index is -1.56. The molecule has 3 atom stereocenters. The quantitative estimate of drug-likeness (QED) is 0.341. The number of carboxylic acids is 2. The van der Waals surface area contributed by atoms with Crippen molar-refractivity contribution in [2.75, 3.05) is 0 Å². The van der Waals surface area contributed by atoms with Crippen molar-refractivity contribution in [3.05, 3.63) is 0 Å². The Labute approximate surface area is 143 Å². The van der Waals surface area contributed by atoms with Crippen molar-refractivity contribution < 1.29 is 38.6 Å². The van der Waals surface area contributed by atoms with E-state index in [-0.39, 0.29) is 5.92 Å². The highest BCUT2D eigenvalue weighted by Gasteiger charge is 2.27. The minimum absolute atomic E-state index is 0.126. The fourth-order valence-corrected chi connectivity index (χ4v) is 1.35. The highest BCUT2D eigenvalue weighted by molar-refractivity contribution is 5.92. The molecule has 0 spiro atoms. The Morgan fingerprint density at radius 1 is 1.00 bits per heavy atom. The van der Waals surface area contributed by atoms with Crippen molar-refractivity contribution in [3.63, 3.8) is 0 Å². The highest BCUT2D eigenvalue weighted by atomic mass is 19.1. The molecule has 0 aliphatic heterocycles. The van der Waals surface area contributed by atoms with Crippen molar-refractivity contribution >= 4 is 29.8 Å². The average molecular weight is 365 g/mol. The van der Waals surface area contributed by atoms with E-state index in [1.807, 2.05) is 5.32 Å². The van der Waals surface area contributed by atoms with Crippen LogP contribution in [0.1, 0.15) is 34.1 Å². The van der Waals surface area contributed by atoms with Gasteiger partial charge in [0, 0.05) is 6.92 Å². The molecule has 0 radical (unpaired) electrons. The first-order valence-electron chi connectivity index (χ1n) is 7.26. The Kier molecular flexibility index (Phi) is 11.7. The van der Waals surface area contributed by atoms with Crippen LogP contribution >= 0.6 is 0 Å². The lowest BCUT2D eigenvalue weighted by Crippen LogP contribution is -2.54. The van der Waals surface area contributed by atoms with E-state index >= 15 is 0 Å². The average Bonchev–Trinajstić information content (AvgIpc) is 2.43. The Morgan fingerprint density at radius 3 is 1.76 bits per heavy atom. The van der Waals surface area contributed by atoms with Gasteiger partial charge in [0.05, 0.1) is 12.5 Å². The molecule has 2 amide bonds. The summed E-state index contributed by atoms with van der Waals surface area (Å²) in [7, 11) is 0. The summed E-state index contributed by atoms with van der Waals surface area (Å²) < 4.78 is 10.4. The van der Waals surface area contributed by atoms with E-state index in [2.05, 4.69) is 5.32 Å². The predicted molar refractivity (Wildman–Crippen MR) is 84.0 cm³/mol. The molecular formula is C14H24FN3O7. The van der Waals surface area contributed by atoms with Crippen molar-refractivity contribution in [3.8, 4) is 0 Å². The zero-order valence-corrected chi connectivity index (χ0v) is 14.4. The Morgan fingerprint density at radius 2 is 1.44 bits per heavy atom. The smallest absolute Gasteiger partial charge is 0.326 e. The molecular weight excluding hydrogens is 341 g/mol. The molecule has 6 N–H and O–H groups in total. The molecule has 0 aliphatic carbocycles. The van der Waals surface area contributed by atoms with Crippen LogP contribution < -0.4 is 16.4 Å². The molecule has 0 aromatic rings. The highest BCUT2D eigenvalue weighted by Crippen LogP contribution is 1.99. The second-order valence-electron chi connectivity index (χ2n) is 5.47. The van der Waals surface area contributed by atoms with Crippen molar-refractivity contribution in [2.45, 2.75) is 52.2 Å². The summed E-state index contributed by atoms with van der Waals surface area (Å²) in [6, 6.07) is -4.72. The van der Waals surface area contributed by atoms with Crippen LogP contribution in [-0.4, -0.2) is 58.1 Å². The van der Waals surface area contributed by atoms with Crippen LogP contribution in [0.2, 0.25) is 0 Å². The summed E-state index contributed by atoms with van der Waals surface area (Å²) in [5.41, 5.74) is 5.61. The van der Waals surface area contributed by atoms with Crippen LogP contribution in [0.4, 0.5) is 4.39 Å². The van der Waals surface area contributed by atoms with Crippen molar-refractivity contribution in [1.82, 2.24) is 10.6 Å². The first-order valence-corrected chi connectivity index (χ1v) is 7.26. The standard InChI is InChI=1S/C12H21N3O6.C2H3FO/c1-5(2)9(13)11(19)14-6(3)10(18)15-7(12(20)21)4-8(16)17;1-2(3)4/h5-7,9H,4,13H2,1-3H3,(H,14,19)(H,15,18)(H,16,17)(H,20,21);1H3/t6-,7-,9-;/m0./s1. The lowest BCUT2D eigenvalue weighted by molar-refractivity contribution is -0.147. The monoisotopic (exact) mass is 365 g/mol. The van der Waals surface area contributed by atoms with E-state index in [0.717, 1.165) is 6.92 Å². The maximum atomic E-state index is 11.7. The SMILES string of the molecule is CC(=O)F.CC(C)[C@H](N)C(=O)N[C@@H](C)C(=O)N[C@@H](CC(=O)O)C(=O)O. The number of carboxylic acid groups (broad SMARTS) is 2. The van der Waals surface area contributed by atoms with E-state index < -0.39 is 54.3 Å². The van der Waals surface area contributed by atoms with E-state index in [0.29, 0.717) is 0 Å². The minimum Gasteiger partial charge on any atom is -0.481 e. The van der Waals surface area contributed by atoms with Gasteiger partial charge in [-0.15, -0.1) is 0 Å². The molecule has 0 heterocycles. The third kappa shape index (κ3) is 12.5. The molecule has 10 nitrogen and oxygen atoms in total. The zero-order chi connectivity index (χ0) is 20.3. The maximum absolute atomic E-state index is 11.7. The van der Waals surface area contributed by atoms with E-state index in [1.54, 1.807) is 13.8 Å². The number of hydrogen-bond donors (Lipinski definition) is 5. The summed E-state index contributed by atoms with van der Waals surface area (Å²) in [6.07, 6.45) is -0.757. The van der Waals surface area contributed by atoms with Gasteiger partial charge >= 0.3 is 11.9 Å². The van der Waals surface area contributed by atoms with Crippen LogP contribution in [-0.2, 0) is 24.0 Å². The van der Waals surface area contributed by atoms with Gasteiger partial charge in [-0.25, -0.2) is 4.79 Å². The molecule has 0 bridgehead atoms. The van der Waals surface area contributed by atoms with E-state index in [1.165, 1.54) is 6.92 Å². The number of amides is 2. The number of rotatable bonds is 8. The van der Waals surface area contributed by atoms with Crippen LogP contribution in [0.5, 0.6) is 0 Å². The Bertz CT molecular complexity index is 507. The largest absolute Gasteiger partial charge is 0.481 e. The summed E-state index contributed by atoms with van der Waals surface area (Å²) in [5, 5.41) is 21.8. The van der Waals surface area contributed by atoms with Crippen LogP contribution in [0, 0.1) is 5.92 Å². The van der Waals surface area contributed by atoms with Crippen LogP contribution in [0.15, 0.2) is 0 Å². The van der Waals surface area contributed by atoms with E-state index in [9.17, 15) is 23.6 Å². The molecule has 0 rings (SSSR count). The maximum Gasteiger partial charge on any atom is 0.326 e. The summed E-state index contributed by atoms with van der Waals surface area (Å²) in [5.74, 6) is -4.30. The van der Waals surface area contributed by atoms with Gasteiger partial charge in [-0.2, -0.15) is 4.39 Å². The molecule has 11 heteroatoms. The van der Waals surface area contributed by atoms with Crippen LogP contribution in [0.3, 0.4) is 0 Å². The van der Waals surface area contributed by atoms with Crippen molar-refractivity contribution in [1.29, 1.82) is 0 Å². The Balaban J connectivity index is 0. The van der Waals surface area contributed by atoms with Crippen molar-refractivity contribution in [2.24, 2.45) is 11.7 Å². The zero-order valence-electron chi connectivity index (χ0n) is 14.4. The number of aliphatic carboxylic acids is 2. The second-order valence-corrected chi connectivity index (χ2v) is 5.47. The molecule has 0 fully saturated rings. The van der Waals surface area contributed by atoms with Gasteiger partial charge in [-0.05, 0) is 12.8 Å². The summed E-state index contributed by atoms with van der Waals surface area (Å²) in [4.78, 5) is 53.5. The van der Waals surface area contributed by atoms with Gasteiger partial charge in [-0.3, -0.25) is 19.2 Å². The summed E-state index contributed by atoms with van der Waals surface area (Å²) >= 11 is 0. The first kappa shape index (κ1) is 24.7. The number of halogens is 1. The molecule has 0 aliphatic rings. The predicted octanol–water partition coefficient (Wildman–Crippen LogP) is -0.979. The molecule has 0 aromatic carbocycles. The molecule has 144 valence electrons. The third-order valence-corrected chi connectivity index (χ3v) is 2.77. The van der Waals surface area contributed by atoms with E-state index in [4.69, 9.17) is 20.7 Å². The third-order valence-electron chi connectivity index (χ3n) is 2.77. The lowest BCUT2D eigenvalue weighted by Gasteiger charge is -2.20. The molecule has 25 heavy (non-hydrogen) atoms. The molecule has 0 saturated carbocycles. The van der Waals surface area contributed by atoms with Gasteiger partial charge in [0.25, 0.3) is 6.04 Å². The molecule has 0 aromatic heterocycles. The molecule has 0 unspecified atom stereocenters. The topological polar surface area (TPSA) is 176 Å². The van der Waals surface area contributed by atoms with Gasteiger partial charge in [0.1, 0.15) is 12.1 Å².